The lowest BCUT2D eigenvalue weighted by atomic mass is 10.1. The van der Waals surface area contributed by atoms with E-state index in [0.29, 0.717) is 6.54 Å². The Morgan fingerprint density at radius 3 is 3.12 bits per heavy atom. The van der Waals surface area contributed by atoms with E-state index in [1.165, 1.54) is 7.11 Å². The summed E-state index contributed by atoms with van der Waals surface area (Å²) in [5.41, 5.74) is 3.13. The van der Waals surface area contributed by atoms with Gasteiger partial charge in [-0.2, -0.15) is 0 Å². The maximum Gasteiger partial charge on any atom is 0.409 e. The van der Waals surface area contributed by atoms with E-state index in [0.717, 1.165) is 23.0 Å². The minimum Gasteiger partial charge on any atom is -0.453 e. The van der Waals surface area contributed by atoms with Crippen molar-refractivity contribution in [3.63, 3.8) is 0 Å². The molecule has 5 heteroatoms. The zero-order chi connectivity index (χ0) is 12.3. The van der Waals surface area contributed by atoms with Gasteiger partial charge in [-0.15, -0.1) is 0 Å². The number of carbonyl (C=O) groups excluding carboxylic acids is 1. The molecule has 0 spiro atoms. The molecule has 1 heterocycles. The molecule has 0 saturated carbocycles. The third-order valence-electron chi connectivity index (χ3n) is 2.71. The largest absolute Gasteiger partial charge is 0.453 e. The number of ether oxygens (including phenoxy) is 1. The Hall–Kier alpha value is -2.04. The number of H-pyrrole nitrogens is 1. The highest BCUT2D eigenvalue weighted by molar-refractivity contribution is 5.75. The summed E-state index contributed by atoms with van der Waals surface area (Å²) in [5.74, 6) is 0. The van der Waals surface area contributed by atoms with E-state index in [1.54, 1.807) is 18.3 Å². The van der Waals surface area contributed by atoms with Crippen LogP contribution in [0.1, 0.15) is 5.56 Å². The number of nitrogens with zero attached hydrogens (tertiary/aromatic N) is 2. The van der Waals surface area contributed by atoms with Crippen molar-refractivity contribution in [1.29, 1.82) is 0 Å². The van der Waals surface area contributed by atoms with Gasteiger partial charge >= 0.3 is 6.09 Å². The number of likely N-dealkylation sites (N-methyl/N-ethyl adjacent to an activating group) is 1. The van der Waals surface area contributed by atoms with Crippen LogP contribution in [0, 0.1) is 0 Å². The van der Waals surface area contributed by atoms with E-state index in [4.69, 9.17) is 0 Å². The van der Waals surface area contributed by atoms with Crippen LogP contribution < -0.4 is 0 Å². The van der Waals surface area contributed by atoms with Gasteiger partial charge in [-0.3, -0.25) is 0 Å². The van der Waals surface area contributed by atoms with Gasteiger partial charge in [0.1, 0.15) is 0 Å². The zero-order valence-corrected chi connectivity index (χ0v) is 9.93. The molecule has 0 aliphatic rings. The number of aromatic amines is 1. The third-order valence-corrected chi connectivity index (χ3v) is 2.71. The summed E-state index contributed by atoms with van der Waals surface area (Å²) in [5, 5.41) is 0. The Morgan fingerprint density at radius 1 is 1.53 bits per heavy atom. The second-order valence-electron chi connectivity index (χ2n) is 3.90. The lowest BCUT2D eigenvalue weighted by molar-refractivity contribution is 0.134. The number of hydrogen-bond donors (Lipinski definition) is 1. The second-order valence-corrected chi connectivity index (χ2v) is 3.90. The molecule has 0 saturated heterocycles. The Morgan fingerprint density at radius 2 is 2.35 bits per heavy atom. The average Bonchev–Trinajstić information content (AvgIpc) is 2.82. The van der Waals surface area contributed by atoms with Gasteiger partial charge in [0.05, 0.1) is 24.5 Å². The number of benzene rings is 1. The molecule has 0 aliphatic heterocycles. The molecular formula is C12H15N3O2. The van der Waals surface area contributed by atoms with Crippen LogP contribution in [0.2, 0.25) is 0 Å². The first-order chi connectivity index (χ1) is 8.20. The molecule has 0 radical (unpaired) electrons. The van der Waals surface area contributed by atoms with E-state index in [-0.39, 0.29) is 6.09 Å². The molecule has 5 nitrogen and oxygen atoms in total. The summed E-state index contributed by atoms with van der Waals surface area (Å²) >= 11 is 0. The van der Waals surface area contributed by atoms with Crippen molar-refractivity contribution in [3.05, 3.63) is 30.1 Å². The van der Waals surface area contributed by atoms with Crippen LogP contribution >= 0.6 is 0 Å². The standard InChI is InChI=1S/C12H15N3O2/c1-15(12(16)17-2)6-5-9-3-4-10-11(7-9)14-8-13-10/h3-4,7-8H,5-6H2,1-2H3,(H,13,14). The molecule has 2 aromatic rings. The van der Waals surface area contributed by atoms with Crippen LogP contribution in [0.25, 0.3) is 11.0 Å². The molecular weight excluding hydrogens is 218 g/mol. The first-order valence-electron chi connectivity index (χ1n) is 5.42. The fourth-order valence-corrected chi connectivity index (χ4v) is 1.68. The van der Waals surface area contributed by atoms with Gasteiger partial charge in [-0.25, -0.2) is 9.78 Å². The Labute approximate surface area is 99.4 Å². The quantitative estimate of drug-likeness (QED) is 0.879. The van der Waals surface area contributed by atoms with E-state index >= 15 is 0 Å². The fraction of sp³-hybridized carbons (Fsp3) is 0.333. The van der Waals surface area contributed by atoms with Crippen LogP contribution in [0.3, 0.4) is 0 Å². The SMILES string of the molecule is COC(=O)N(C)CCc1ccc2nc[nH]c2c1. The number of methoxy groups -OCH3 is 1. The molecule has 0 atom stereocenters. The lowest BCUT2D eigenvalue weighted by Gasteiger charge is -2.14. The van der Waals surface area contributed by atoms with Crippen molar-refractivity contribution in [1.82, 2.24) is 14.9 Å². The molecule has 0 bridgehead atoms. The number of fused-ring (bicyclic) bond motifs is 1. The minimum atomic E-state index is -0.312. The molecule has 17 heavy (non-hydrogen) atoms. The second kappa shape index (κ2) is 4.86. The zero-order valence-electron chi connectivity index (χ0n) is 9.93. The van der Waals surface area contributed by atoms with Crippen molar-refractivity contribution >= 4 is 17.1 Å². The number of aromatic nitrogens is 2. The van der Waals surface area contributed by atoms with E-state index < -0.39 is 0 Å². The van der Waals surface area contributed by atoms with Crippen molar-refractivity contribution < 1.29 is 9.53 Å². The van der Waals surface area contributed by atoms with Gasteiger partial charge in [0.25, 0.3) is 0 Å². The maximum absolute atomic E-state index is 11.2. The van der Waals surface area contributed by atoms with Gasteiger partial charge in [0.2, 0.25) is 0 Å². The normalized spacial score (nSPS) is 10.5. The van der Waals surface area contributed by atoms with Gasteiger partial charge < -0.3 is 14.6 Å². The highest BCUT2D eigenvalue weighted by Gasteiger charge is 2.07. The van der Waals surface area contributed by atoms with Gasteiger partial charge in [-0.1, -0.05) is 6.07 Å². The lowest BCUT2D eigenvalue weighted by Crippen LogP contribution is -2.28. The fourth-order valence-electron chi connectivity index (χ4n) is 1.68. The van der Waals surface area contributed by atoms with Crippen LogP contribution in [-0.4, -0.2) is 41.7 Å². The highest BCUT2D eigenvalue weighted by atomic mass is 16.5. The summed E-state index contributed by atoms with van der Waals surface area (Å²) in [6, 6.07) is 6.04. The van der Waals surface area contributed by atoms with E-state index in [1.807, 2.05) is 18.2 Å². The van der Waals surface area contributed by atoms with Crippen molar-refractivity contribution in [2.24, 2.45) is 0 Å². The molecule has 90 valence electrons. The van der Waals surface area contributed by atoms with E-state index in [9.17, 15) is 4.79 Å². The first-order valence-corrected chi connectivity index (χ1v) is 5.42. The van der Waals surface area contributed by atoms with Crippen LogP contribution in [0.4, 0.5) is 4.79 Å². The van der Waals surface area contributed by atoms with Gasteiger partial charge in [-0.05, 0) is 24.1 Å². The molecule has 2 rings (SSSR count). The summed E-state index contributed by atoms with van der Waals surface area (Å²) in [7, 11) is 3.11. The average molecular weight is 233 g/mol. The number of imidazole rings is 1. The van der Waals surface area contributed by atoms with Crippen molar-refractivity contribution in [2.75, 3.05) is 20.7 Å². The number of rotatable bonds is 3. The molecule has 1 N–H and O–H groups in total. The maximum atomic E-state index is 11.2. The summed E-state index contributed by atoms with van der Waals surface area (Å²) in [6.45, 7) is 0.631. The Bertz CT molecular complexity index is 521. The minimum absolute atomic E-state index is 0.312. The number of carbonyl (C=O) groups is 1. The number of hydrogen-bond acceptors (Lipinski definition) is 3. The van der Waals surface area contributed by atoms with Crippen molar-refractivity contribution in [2.45, 2.75) is 6.42 Å². The van der Waals surface area contributed by atoms with Crippen LogP contribution in [0.5, 0.6) is 0 Å². The molecule has 1 amide bonds. The summed E-state index contributed by atoms with van der Waals surface area (Å²) < 4.78 is 4.63. The van der Waals surface area contributed by atoms with Gasteiger partial charge in [0.15, 0.2) is 0 Å². The molecule has 1 aromatic carbocycles. The topological polar surface area (TPSA) is 58.2 Å². The predicted octanol–water partition coefficient (Wildman–Crippen LogP) is 1.80. The summed E-state index contributed by atoms with van der Waals surface area (Å²) in [6.07, 6.45) is 2.16. The monoisotopic (exact) mass is 233 g/mol. The molecule has 0 unspecified atom stereocenters. The first kappa shape index (κ1) is 11.4. The number of nitrogens with one attached hydrogen (secondary N) is 1. The number of amides is 1. The third kappa shape index (κ3) is 2.55. The Kier molecular flexibility index (Phi) is 3.27. The molecule has 1 aromatic heterocycles. The van der Waals surface area contributed by atoms with Crippen molar-refractivity contribution in [3.8, 4) is 0 Å². The van der Waals surface area contributed by atoms with Gasteiger partial charge in [0, 0.05) is 13.6 Å². The highest BCUT2D eigenvalue weighted by Crippen LogP contribution is 2.12. The predicted molar refractivity (Wildman–Crippen MR) is 64.8 cm³/mol. The van der Waals surface area contributed by atoms with Crippen LogP contribution in [-0.2, 0) is 11.2 Å². The summed E-state index contributed by atoms with van der Waals surface area (Å²) in [4.78, 5) is 20.0. The Balaban J connectivity index is 2.01. The molecule has 0 fully saturated rings. The van der Waals surface area contributed by atoms with E-state index in [2.05, 4.69) is 14.7 Å². The smallest absolute Gasteiger partial charge is 0.409 e. The van der Waals surface area contributed by atoms with Crippen LogP contribution in [0.15, 0.2) is 24.5 Å². The molecule has 0 aliphatic carbocycles.